The topological polar surface area (TPSA) is 106 Å². The Balaban J connectivity index is 1.58. The van der Waals surface area contributed by atoms with E-state index < -0.39 is 5.97 Å². The van der Waals surface area contributed by atoms with Crippen molar-refractivity contribution in [3.8, 4) is 0 Å². The van der Waals surface area contributed by atoms with Crippen LogP contribution in [0.3, 0.4) is 0 Å². The monoisotopic (exact) mass is 399 g/mol. The molecule has 9 heteroatoms. The molecule has 9 nitrogen and oxygen atoms in total. The van der Waals surface area contributed by atoms with Crippen molar-refractivity contribution < 1.29 is 19.1 Å². The van der Waals surface area contributed by atoms with Crippen LogP contribution in [-0.4, -0.2) is 59.8 Å². The normalized spacial score (nSPS) is 14.2. The summed E-state index contributed by atoms with van der Waals surface area (Å²) in [7, 11) is 1.35. The van der Waals surface area contributed by atoms with Crippen LogP contribution in [0.5, 0.6) is 0 Å². The van der Waals surface area contributed by atoms with Crippen LogP contribution in [0.4, 0.5) is 22.2 Å². The zero-order valence-electron chi connectivity index (χ0n) is 16.6. The summed E-state index contributed by atoms with van der Waals surface area (Å²) in [4.78, 5) is 33.9. The highest BCUT2D eigenvalue weighted by Gasteiger charge is 2.23. The number of carbonyl (C=O) groups is 2. The number of ether oxygens (including phenoxy) is 2. The van der Waals surface area contributed by atoms with Crippen LogP contribution >= 0.6 is 0 Å². The molecule has 0 spiro atoms. The lowest BCUT2D eigenvalue weighted by molar-refractivity contribution is 0.0600. The number of amides is 1. The molecule has 0 unspecified atom stereocenters. The van der Waals surface area contributed by atoms with Crippen LogP contribution in [0, 0.1) is 0 Å². The first-order valence-corrected chi connectivity index (χ1v) is 9.55. The minimum Gasteiger partial charge on any atom is -0.465 e. The summed E-state index contributed by atoms with van der Waals surface area (Å²) in [5, 5.41) is 6.49. The molecule has 3 rings (SSSR count). The van der Waals surface area contributed by atoms with E-state index in [1.165, 1.54) is 7.11 Å². The molecule has 0 atom stereocenters. The first-order valence-electron chi connectivity index (χ1n) is 9.55. The van der Waals surface area contributed by atoms with Gasteiger partial charge in [0.1, 0.15) is 5.82 Å². The maximum atomic E-state index is 11.8. The lowest BCUT2D eigenvalue weighted by atomic mass is 10.1. The Morgan fingerprint density at radius 3 is 2.76 bits per heavy atom. The maximum Gasteiger partial charge on any atom is 0.409 e. The van der Waals surface area contributed by atoms with Crippen molar-refractivity contribution in [2.24, 2.45) is 0 Å². The highest BCUT2D eigenvalue weighted by atomic mass is 16.6. The Morgan fingerprint density at radius 2 is 2.03 bits per heavy atom. The molecule has 29 heavy (non-hydrogen) atoms. The molecule has 0 aliphatic carbocycles. The van der Waals surface area contributed by atoms with E-state index in [2.05, 4.69) is 20.6 Å². The number of hydrogen-bond donors (Lipinski definition) is 2. The molecule has 2 heterocycles. The Morgan fingerprint density at radius 1 is 1.24 bits per heavy atom. The van der Waals surface area contributed by atoms with Gasteiger partial charge < -0.3 is 25.0 Å². The van der Waals surface area contributed by atoms with Gasteiger partial charge in [-0.25, -0.2) is 14.6 Å². The number of hydrogen-bond acceptors (Lipinski definition) is 8. The van der Waals surface area contributed by atoms with Crippen LogP contribution in [0.2, 0.25) is 0 Å². The third kappa shape index (κ3) is 5.56. The number of nitrogens with zero attached hydrogens (tertiary/aromatic N) is 3. The standard InChI is InChI=1S/C20H25N5O4/c1-3-29-20(27)25-11-8-15(9-12-25)23-19-21-10-7-17(24-19)22-16-6-4-5-14(13-16)18(26)28-2/h4-7,10,13,15H,3,8-9,11-12H2,1-2H3,(H2,21,22,23,24). The van der Waals surface area contributed by atoms with E-state index in [-0.39, 0.29) is 12.1 Å². The number of methoxy groups -OCH3 is 1. The van der Waals surface area contributed by atoms with E-state index in [4.69, 9.17) is 9.47 Å². The lowest BCUT2D eigenvalue weighted by Gasteiger charge is -2.31. The minimum atomic E-state index is -0.396. The Kier molecular flexibility index (Phi) is 6.83. The molecule has 0 radical (unpaired) electrons. The summed E-state index contributed by atoms with van der Waals surface area (Å²) in [6.45, 7) is 3.45. The number of rotatable bonds is 6. The fourth-order valence-corrected chi connectivity index (χ4v) is 3.09. The Labute approximate surface area is 169 Å². The van der Waals surface area contributed by atoms with Gasteiger partial charge in [0, 0.05) is 31.0 Å². The molecule has 0 saturated carbocycles. The van der Waals surface area contributed by atoms with E-state index in [9.17, 15) is 9.59 Å². The Hall–Kier alpha value is -3.36. The molecule has 1 saturated heterocycles. The van der Waals surface area contributed by atoms with Crippen LogP contribution < -0.4 is 10.6 Å². The predicted octanol–water partition coefficient (Wildman–Crippen LogP) is 3.04. The van der Waals surface area contributed by atoms with Gasteiger partial charge in [0.2, 0.25) is 5.95 Å². The van der Waals surface area contributed by atoms with E-state index in [1.54, 1.807) is 42.3 Å². The SMILES string of the molecule is CCOC(=O)N1CCC(Nc2nccc(Nc3cccc(C(=O)OC)c3)n2)CC1. The number of anilines is 3. The highest BCUT2D eigenvalue weighted by molar-refractivity contribution is 5.90. The van der Waals surface area contributed by atoms with Crippen LogP contribution in [0.25, 0.3) is 0 Å². The summed E-state index contributed by atoms with van der Waals surface area (Å²) in [6, 6.07) is 8.93. The van der Waals surface area contributed by atoms with Crippen molar-refractivity contribution in [1.29, 1.82) is 0 Å². The zero-order chi connectivity index (χ0) is 20.6. The molecule has 1 amide bonds. The largest absolute Gasteiger partial charge is 0.465 e. The van der Waals surface area contributed by atoms with Gasteiger partial charge in [0.05, 0.1) is 19.3 Å². The van der Waals surface area contributed by atoms with Gasteiger partial charge in [-0.15, -0.1) is 0 Å². The molecule has 1 aliphatic rings. The lowest BCUT2D eigenvalue weighted by Crippen LogP contribution is -2.42. The van der Waals surface area contributed by atoms with Crippen LogP contribution in [-0.2, 0) is 9.47 Å². The Bertz CT molecular complexity index is 852. The minimum absolute atomic E-state index is 0.179. The molecule has 2 N–H and O–H groups in total. The van der Waals surface area contributed by atoms with Crippen molar-refractivity contribution in [2.45, 2.75) is 25.8 Å². The van der Waals surface area contributed by atoms with Crippen LogP contribution in [0.1, 0.15) is 30.1 Å². The van der Waals surface area contributed by atoms with Crippen molar-refractivity contribution in [2.75, 3.05) is 37.4 Å². The van der Waals surface area contributed by atoms with Gasteiger partial charge in [-0.1, -0.05) is 6.07 Å². The number of piperidine rings is 1. The molecule has 1 fully saturated rings. The smallest absolute Gasteiger partial charge is 0.409 e. The van der Waals surface area contributed by atoms with Crippen molar-refractivity contribution in [3.63, 3.8) is 0 Å². The van der Waals surface area contributed by atoms with Gasteiger partial charge in [0.25, 0.3) is 0 Å². The third-order valence-electron chi connectivity index (χ3n) is 4.57. The number of esters is 1. The molecular weight excluding hydrogens is 374 g/mol. The van der Waals surface area contributed by atoms with E-state index in [1.807, 2.05) is 6.07 Å². The van der Waals surface area contributed by atoms with Crippen molar-refractivity contribution in [3.05, 3.63) is 42.1 Å². The van der Waals surface area contributed by atoms with Crippen molar-refractivity contribution in [1.82, 2.24) is 14.9 Å². The zero-order valence-corrected chi connectivity index (χ0v) is 16.6. The van der Waals surface area contributed by atoms with Gasteiger partial charge >= 0.3 is 12.1 Å². The molecule has 2 aromatic rings. The molecule has 1 aliphatic heterocycles. The van der Waals surface area contributed by atoms with E-state index in [0.29, 0.717) is 37.0 Å². The second kappa shape index (κ2) is 9.72. The third-order valence-corrected chi connectivity index (χ3v) is 4.57. The molecule has 1 aromatic carbocycles. The highest BCUT2D eigenvalue weighted by Crippen LogP contribution is 2.19. The fraction of sp³-hybridized carbons (Fsp3) is 0.400. The van der Waals surface area contributed by atoms with Gasteiger partial charge in [-0.3, -0.25) is 0 Å². The summed E-state index contributed by atoms with van der Waals surface area (Å²) in [5.74, 6) is 0.718. The van der Waals surface area contributed by atoms with Crippen LogP contribution in [0.15, 0.2) is 36.5 Å². The number of likely N-dealkylation sites (tertiary alicyclic amines) is 1. The van der Waals surface area contributed by atoms with E-state index in [0.717, 1.165) is 18.5 Å². The van der Waals surface area contributed by atoms with Gasteiger partial charge in [-0.2, -0.15) is 4.98 Å². The molecular formula is C20H25N5O4. The number of aromatic nitrogens is 2. The quantitative estimate of drug-likeness (QED) is 0.714. The summed E-state index contributed by atoms with van der Waals surface area (Å²) in [5.41, 5.74) is 1.18. The molecule has 0 bridgehead atoms. The van der Waals surface area contributed by atoms with Crippen molar-refractivity contribution >= 4 is 29.5 Å². The summed E-state index contributed by atoms with van der Waals surface area (Å²) >= 11 is 0. The second-order valence-corrected chi connectivity index (χ2v) is 6.57. The van der Waals surface area contributed by atoms with E-state index >= 15 is 0 Å². The first kappa shape index (κ1) is 20.4. The fourth-order valence-electron chi connectivity index (χ4n) is 3.09. The average molecular weight is 399 g/mol. The van der Waals surface area contributed by atoms with Gasteiger partial charge in [-0.05, 0) is 44.0 Å². The average Bonchev–Trinajstić information content (AvgIpc) is 2.74. The first-order chi connectivity index (χ1) is 14.1. The summed E-state index contributed by atoms with van der Waals surface area (Å²) in [6.07, 6.45) is 2.99. The molecule has 1 aromatic heterocycles. The maximum absolute atomic E-state index is 11.8. The summed E-state index contributed by atoms with van der Waals surface area (Å²) < 4.78 is 9.79. The second-order valence-electron chi connectivity index (χ2n) is 6.57. The number of carbonyl (C=O) groups excluding carboxylic acids is 2. The molecule has 154 valence electrons. The number of nitrogens with one attached hydrogen (secondary N) is 2. The predicted molar refractivity (Wildman–Crippen MR) is 108 cm³/mol. The number of benzene rings is 1. The van der Waals surface area contributed by atoms with Gasteiger partial charge in [0.15, 0.2) is 0 Å².